The minimum atomic E-state index is -0.531. The van der Waals surface area contributed by atoms with Crippen LogP contribution in [-0.2, 0) is 19.5 Å². The number of aliphatic hydroxyl groups excluding tert-OH is 1. The first-order valence-electron chi connectivity index (χ1n) is 10.3. The summed E-state index contributed by atoms with van der Waals surface area (Å²) in [5.41, 5.74) is 2.74. The van der Waals surface area contributed by atoms with Gasteiger partial charge in [-0.25, -0.2) is 4.98 Å². The van der Waals surface area contributed by atoms with E-state index >= 15 is 0 Å². The summed E-state index contributed by atoms with van der Waals surface area (Å²) in [6, 6.07) is 9.88. The average molecular weight is 391 g/mol. The molecule has 29 heavy (non-hydrogen) atoms. The molecule has 1 unspecified atom stereocenters. The van der Waals surface area contributed by atoms with Crippen LogP contribution in [0.4, 0.5) is 0 Å². The monoisotopic (exact) mass is 391 g/mol. The highest BCUT2D eigenvalue weighted by Crippen LogP contribution is 2.30. The van der Waals surface area contributed by atoms with Gasteiger partial charge in [0, 0.05) is 31.0 Å². The lowest BCUT2D eigenvalue weighted by atomic mass is 10.1. The van der Waals surface area contributed by atoms with Crippen LogP contribution in [0.5, 0.6) is 0 Å². The van der Waals surface area contributed by atoms with E-state index in [0.717, 1.165) is 49.4 Å². The Labute approximate surface area is 169 Å². The zero-order chi connectivity index (χ0) is 19.8. The Morgan fingerprint density at radius 3 is 2.97 bits per heavy atom. The van der Waals surface area contributed by atoms with E-state index in [0.29, 0.717) is 12.0 Å². The van der Waals surface area contributed by atoms with E-state index in [4.69, 9.17) is 0 Å². The third-order valence-corrected chi connectivity index (χ3v) is 6.12. The largest absolute Gasteiger partial charge is 0.391 e. The first-order chi connectivity index (χ1) is 14.2. The molecule has 3 atom stereocenters. The lowest BCUT2D eigenvalue weighted by molar-refractivity contribution is 0.0872. The van der Waals surface area contributed by atoms with Gasteiger partial charge in [0.1, 0.15) is 5.82 Å². The normalized spacial score (nSPS) is 23.3. The zero-order valence-corrected chi connectivity index (χ0v) is 16.2. The maximum atomic E-state index is 12.7. The summed E-state index contributed by atoms with van der Waals surface area (Å²) in [7, 11) is 0. The van der Waals surface area contributed by atoms with Gasteiger partial charge >= 0.3 is 0 Å². The quantitative estimate of drug-likeness (QED) is 0.699. The predicted octanol–water partition coefficient (Wildman–Crippen LogP) is 2.26. The molecule has 1 aliphatic heterocycles. The summed E-state index contributed by atoms with van der Waals surface area (Å²) in [5, 5.41) is 17.9. The fraction of sp³-hybridized carbons (Fsp3) is 0.409. The van der Waals surface area contributed by atoms with Gasteiger partial charge in [-0.1, -0.05) is 30.3 Å². The molecule has 1 amide bonds. The number of hydrogen-bond donors (Lipinski definition) is 2. The molecule has 0 bridgehead atoms. The van der Waals surface area contributed by atoms with Crippen LogP contribution in [0.2, 0.25) is 0 Å². The Bertz CT molecular complexity index is 1010. The van der Waals surface area contributed by atoms with Gasteiger partial charge in [-0.3, -0.25) is 9.48 Å². The molecule has 3 aromatic rings. The van der Waals surface area contributed by atoms with Crippen LogP contribution < -0.4 is 5.32 Å². The molecule has 7 nitrogen and oxygen atoms in total. The Hall–Kier alpha value is -2.93. The molecule has 1 aliphatic carbocycles. The number of aromatic nitrogens is 4. The lowest BCUT2D eigenvalue weighted by Crippen LogP contribution is -2.40. The number of nitrogens with one attached hydrogen (secondary N) is 1. The minimum absolute atomic E-state index is 0.120. The van der Waals surface area contributed by atoms with Crippen LogP contribution in [-0.4, -0.2) is 42.5 Å². The summed E-state index contributed by atoms with van der Waals surface area (Å²) in [4.78, 5) is 17.2. The second-order valence-electron chi connectivity index (χ2n) is 8.09. The van der Waals surface area contributed by atoms with Crippen molar-refractivity contribution in [3.63, 3.8) is 0 Å². The molecule has 0 spiro atoms. The maximum absolute atomic E-state index is 12.7. The van der Waals surface area contributed by atoms with Crippen molar-refractivity contribution in [2.45, 2.75) is 50.9 Å². The smallest absolute Gasteiger partial charge is 0.255 e. The van der Waals surface area contributed by atoms with Gasteiger partial charge in [0.25, 0.3) is 5.91 Å². The van der Waals surface area contributed by atoms with E-state index in [1.54, 1.807) is 6.20 Å². The number of amides is 1. The number of rotatable bonds is 5. The van der Waals surface area contributed by atoms with Crippen molar-refractivity contribution in [1.29, 1.82) is 0 Å². The van der Waals surface area contributed by atoms with Crippen LogP contribution >= 0.6 is 0 Å². The fourth-order valence-corrected chi connectivity index (χ4v) is 4.70. The molecule has 1 aromatic carbocycles. The summed E-state index contributed by atoms with van der Waals surface area (Å²) in [6.45, 7) is 1.65. The van der Waals surface area contributed by atoms with E-state index in [9.17, 15) is 9.90 Å². The molecule has 3 heterocycles. The summed E-state index contributed by atoms with van der Waals surface area (Å²) in [6.07, 6.45) is 8.27. The molecule has 0 saturated heterocycles. The number of benzene rings is 1. The lowest BCUT2D eigenvalue weighted by Gasteiger charge is -2.16. The van der Waals surface area contributed by atoms with Crippen LogP contribution in [0.1, 0.15) is 35.3 Å². The highest BCUT2D eigenvalue weighted by molar-refractivity contribution is 5.95. The van der Waals surface area contributed by atoms with Crippen molar-refractivity contribution < 1.29 is 9.90 Å². The minimum Gasteiger partial charge on any atom is -0.391 e. The Kier molecular flexibility index (Phi) is 4.67. The standard InChI is InChI=1S/C22H25N5O2/c28-20-12-15(14-26-10-8-23-21(26)16-5-2-1-3-6-16)11-18(20)25-22(29)17-13-24-27-9-4-7-19(17)27/h1-3,5-6,8,10,13,15,18,20,28H,4,7,9,11-12,14H2,(H,25,29)/t15?,18-,20-/m1/s1. The number of fused-ring (bicyclic) bond motifs is 1. The first-order valence-corrected chi connectivity index (χ1v) is 10.3. The van der Waals surface area contributed by atoms with Crippen LogP contribution in [0.15, 0.2) is 48.9 Å². The van der Waals surface area contributed by atoms with E-state index in [1.165, 1.54) is 0 Å². The van der Waals surface area contributed by atoms with Gasteiger partial charge in [0.2, 0.25) is 0 Å². The van der Waals surface area contributed by atoms with Crippen LogP contribution in [0, 0.1) is 5.92 Å². The van der Waals surface area contributed by atoms with E-state index < -0.39 is 6.10 Å². The van der Waals surface area contributed by atoms with Crippen molar-refractivity contribution >= 4 is 5.91 Å². The molecule has 1 fully saturated rings. The molecule has 7 heteroatoms. The predicted molar refractivity (Wildman–Crippen MR) is 108 cm³/mol. The molecule has 150 valence electrons. The Balaban J connectivity index is 1.25. The van der Waals surface area contributed by atoms with Gasteiger partial charge < -0.3 is 15.0 Å². The molecule has 1 saturated carbocycles. The molecule has 2 aliphatic rings. The number of nitrogens with zero attached hydrogens (tertiary/aromatic N) is 4. The van der Waals surface area contributed by atoms with Gasteiger partial charge in [0.15, 0.2) is 0 Å². The highest BCUT2D eigenvalue weighted by Gasteiger charge is 2.35. The van der Waals surface area contributed by atoms with Gasteiger partial charge in [-0.15, -0.1) is 0 Å². The summed E-state index contributed by atoms with van der Waals surface area (Å²) in [5.74, 6) is 1.10. The molecule has 0 radical (unpaired) electrons. The molecule has 5 rings (SSSR count). The molecule has 2 N–H and O–H groups in total. The Morgan fingerprint density at radius 2 is 2.10 bits per heavy atom. The molecule has 2 aromatic heterocycles. The second-order valence-corrected chi connectivity index (χ2v) is 8.09. The number of aryl methyl sites for hydroxylation is 1. The van der Waals surface area contributed by atoms with E-state index in [1.807, 2.05) is 35.3 Å². The van der Waals surface area contributed by atoms with Crippen LogP contribution in [0.3, 0.4) is 0 Å². The van der Waals surface area contributed by atoms with Crippen molar-refractivity contribution in [3.05, 3.63) is 60.2 Å². The van der Waals surface area contributed by atoms with E-state index in [-0.39, 0.29) is 17.9 Å². The number of aliphatic hydroxyl groups is 1. The molecular formula is C22H25N5O2. The highest BCUT2D eigenvalue weighted by atomic mass is 16.3. The summed E-state index contributed by atoms with van der Waals surface area (Å²) >= 11 is 0. The zero-order valence-electron chi connectivity index (χ0n) is 16.2. The van der Waals surface area contributed by atoms with E-state index in [2.05, 4.69) is 32.1 Å². The Morgan fingerprint density at radius 1 is 1.24 bits per heavy atom. The van der Waals surface area contributed by atoms with Crippen LogP contribution in [0.25, 0.3) is 11.4 Å². The number of carbonyl (C=O) groups is 1. The van der Waals surface area contributed by atoms with Gasteiger partial charge in [-0.2, -0.15) is 5.10 Å². The van der Waals surface area contributed by atoms with Crippen molar-refractivity contribution in [3.8, 4) is 11.4 Å². The second kappa shape index (κ2) is 7.48. The van der Waals surface area contributed by atoms with Gasteiger partial charge in [-0.05, 0) is 31.6 Å². The fourth-order valence-electron chi connectivity index (χ4n) is 4.70. The number of imidazole rings is 1. The number of carbonyl (C=O) groups excluding carboxylic acids is 1. The third kappa shape index (κ3) is 3.46. The topological polar surface area (TPSA) is 85.0 Å². The van der Waals surface area contributed by atoms with Crippen molar-refractivity contribution in [2.24, 2.45) is 5.92 Å². The summed E-state index contributed by atoms with van der Waals surface area (Å²) < 4.78 is 4.05. The van der Waals surface area contributed by atoms with Crippen molar-refractivity contribution in [1.82, 2.24) is 24.6 Å². The SMILES string of the molecule is O=C(N[C@@H]1CC(Cn2ccnc2-c2ccccc2)C[C@H]1O)c1cnn2c1CCC2. The first kappa shape index (κ1) is 18.1. The molecular weight excluding hydrogens is 366 g/mol. The van der Waals surface area contributed by atoms with Gasteiger partial charge in [0.05, 0.1) is 29.6 Å². The third-order valence-electron chi connectivity index (χ3n) is 6.12. The maximum Gasteiger partial charge on any atom is 0.255 e. The number of hydrogen-bond acceptors (Lipinski definition) is 4. The average Bonchev–Trinajstić information content (AvgIpc) is 3.48. The van der Waals surface area contributed by atoms with Crippen molar-refractivity contribution in [2.75, 3.05) is 0 Å².